The van der Waals surface area contributed by atoms with Gasteiger partial charge in [0.2, 0.25) is 5.91 Å². The standard InChI is InChI=1S/C25H30ClN3O7/c1-35-16-10-8-15(9-11-16)22-23(25(33)27-12-6-4-2-3-5-7-21(32)28-34)29-36-24(22)17-13-18(26)20(31)14-19(17)30/h8,10,13-14,30-31,34H,2-7,9,11-12H2,1H3,(H,27,33)(H,28,32). The van der Waals surface area contributed by atoms with Crippen molar-refractivity contribution in [1.82, 2.24) is 16.0 Å². The van der Waals surface area contributed by atoms with Crippen molar-refractivity contribution < 1.29 is 34.3 Å². The fourth-order valence-corrected chi connectivity index (χ4v) is 4.10. The van der Waals surface area contributed by atoms with E-state index in [4.69, 9.17) is 26.1 Å². The third kappa shape index (κ3) is 6.79. The average molecular weight is 520 g/mol. The van der Waals surface area contributed by atoms with Crippen LogP contribution in [0.5, 0.6) is 11.5 Å². The molecule has 0 saturated carbocycles. The molecule has 2 amide bonds. The molecule has 36 heavy (non-hydrogen) atoms. The maximum atomic E-state index is 13.0. The molecular weight excluding hydrogens is 490 g/mol. The first-order chi connectivity index (χ1) is 17.3. The smallest absolute Gasteiger partial charge is 0.274 e. The number of unbranched alkanes of at least 4 members (excludes halogenated alkanes) is 4. The lowest BCUT2D eigenvalue weighted by Gasteiger charge is -2.15. The van der Waals surface area contributed by atoms with Crippen LogP contribution in [0.4, 0.5) is 0 Å². The van der Waals surface area contributed by atoms with Crippen molar-refractivity contribution in [2.45, 2.75) is 51.4 Å². The van der Waals surface area contributed by atoms with Crippen LogP contribution in [0.15, 0.2) is 34.6 Å². The van der Waals surface area contributed by atoms with E-state index >= 15 is 0 Å². The second-order valence-electron chi connectivity index (χ2n) is 8.39. The van der Waals surface area contributed by atoms with Crippen LogP contribution in [0.25, 0.3) is 16.9 Å². The molecule has 0 bridgehead atoms. The Hall–Kier alpha value is -3.50. The second kappa shape index (κ2) is 13.0. The molecule has 0 radical (unpaired) electrons. The lowest BCUT2D eigenvalue weighted by molar-refractivity contribution is -0.129. The van der Waals surface area contributed by atoms with E-state index in [-0.39, 0.29) is 40.0 Å². The number of hydrogen-bond acceptors (Lipinski definition) is 8. The van der Waals surface area contributed by atoms with E-state index in [0.717, 1.165) is 43.1 Å². The number of carbonyl (C=O) groups is 2. The van der Waals surface area contributed by atoms with Gasteiger partial charge in [-0.2, -0.15) is 0 Å². The van der Waals surface area contributed by atoms with Crippen molar-refractivity contribution in [2.75, 3.05) is 13.7 Å². The molecule has 194 valence electrons. The van der Waals surface area contributed by atoms with E-state index in [1.165, 1.54) is 6.07 Å². The van der Waals surface area contributed by atoms with Crippen LogP contribution >= 0.6 is 11.6 Å². The summed E-state index contributed by atoms with van der Waals surface area (Å²) in [6.07, 6.45) is 9.15. The number of hydrogen-bond donors (Lipinski definition) is 5. The zero-order chi connectivity index (χ0) is 26.1. The fraction of sp³-hybridized carbons (Fsp3) is 0.400. The van der Waals surface area contributed by atoms with E-state index in [1.807, 2.05) is 12.2 Å². The van der Waals surface area contributed by atoms with Gasteiger partial charge in [-0.3, -0.25) is 14.8 Å². The van der Waals surface area contributed by atoms with Crippen LogP contribution in [-0.2, 0) is 9.53 Å². The summed E-state index contributed by atoms with van der Waals surface area (Å²) >= 11 is 6.06. The first-order valence-electron chi connectivity index (χ1n) is 11.7. The molecule has 0 atom stereocenters. The van der Waals surface area contributed by atoms with Crippen LogP contribution < -0.4 is 10.8 Å². The monoisotopic (exact) mass is 519 g/mol. The summed E-state index contributed by atoms with van der Waals surface area (Å²) in [7, 11) is 1.59. The zero-order valence-electron chi connectivity index (χ0n) is 20.0. The minimum atomic E-state index is -0.411. The van der Waals surface area contributed by atoms with Gasteiger partial charge in [-0.05, 0) is 37.0 Å². The fourth-order valence-electron chi connectivity index (χ4n) is 3.94. The lowest BCUT2D eigenvalue weighted by atomic mass is 9.92. The SMILES string of the molecule is COC1=CC=C(c2c(C(=O)NCCCCCCCC(=O)NO)noc2-c2cc(Cl)c(O)cc2O)CC1. The molecule has 1 aromatic heterocycles. The van der Waals surface area contributed by atoms with Crippen LogP contribution in [0, 0.1) is 0 Å². The summed E-state index contributed by atoms with van der Waals surface area (Å²) in [6, 6.07) is 2.47. The molecule has 0 aliphatic heterocycles. The number of halogens is 1. The summed E-state index contributed by atoms with van der Waals surface area (Å²) in [5, 5.41) is 35.6. The molecule has 11 heteroatoms. The molecule has 1 aliphatic carbocycles. The summed E-state index contributed by atoms with van der Waals surface area (Å²) < 4.78 is 10.8. The lowest BCUT2D eigenvalue weighted by Crippen LogP contribution is -2.25. The van der Waals surface area contributed by atoms with Crippen molar-refractivity contribution in [3.05, 3.63) is 46.3 Å². The Bertz CT molecular complexity index is 1160. The van der Waals surface area contributed by atoms with Gasteiger partial charge in [-0.1, -0.05) is 42.1 Å². The van der Waals surface area contributed by atoms with Gasteiger partial charge >= 0.3 is 0 Å². The highest BCUT2D eigenvalue weighted by Gasteiger charge is 2.28. The Morgan fingerprint density at radius 1 is 1.08 bits per heavy atom. The van der Waals surface area contributed by atoms with Crippen molar-refractivity contribution in [2.24, 2.45) is 0 Å². The maximum Gasteiger partial charge on any atom is 0.274 e. The van der Waals surface area contributed by atoms with Crippen LogP contribution in [0.1, 0.15) is 67.4 Å². The normalized spacial score (nSPS) is 13.1. The van der Waals surface area contributed by atoms with Crippen LogP contribution in [0.3, 0.4) is 0 Å². The molecule has 1 aliphatic rings. The van der Waals surface area contributed by atoms with Gasteiger partial charge in [0.1, 0.15) is 11.5 Å². The summed E-state index contributed by atoms with van der Waals surface area (Å²) in [5.74, 6) is -0.371. The number of ether oxygens (including phenoxy) is 1. The van der Waals surface area contributed by atoms with Crippen LogP contribution in [0.2, 0.25) is 5.02 Å². The highest BCUT2D eigenvalue weighted by molar-refractivity contribution is 6.32. The van der Waals surface area contributed by atoms with Crippen molar-refractivity contribution in [1.29, 1.82) is 0 Å². The number of phenolic OH excluding ortho intramolecular Hbond substituents is 2. The highest BCUT2D eigenvalue weighted by Crippen LogP contribution is 2.42. The largest absolute Gasteiger partial charge is 0.507 e. The Labute approximate surface area is 213 Å². The number of nitrogens with zero attached hydrogens (tertiary/aromatic N) is 1. The summed E-state index contributed by atoms with van der Waals surface area (Å²) in [5.41, 5.74) is 3.13. The second-order valence-corrected chi connectivity index (χ2v) is 8.80. The van der Waals surface area contributed by atoms with Gasteiger partial charge in [0.05, 0.1) is 29.0 Å². The van der Waals surface area contributed by atoms with Gasteiger partial charge in [-0.25, -0.2) is 5.48 Å². The minimum absolute atomic E-state index is 0.0207. The number of aromatic hydroxyl groups is 2. The first-order valence-corrected chi connectivity index (χ1v) is 12.1. The average Bonchev–Trinajstić information content (AvgIpc) is 3.32. The van der Waals surface area contributed by atoms with Gasteiger partial charge < -0.3 is 24.8 Å². The maximum absolute atomic E-state index is 13.0. The molecule has 10 nitrogen and oxygen atoms in total. The van der Waals surface area contributed by atoms with Gasteiger partial charge in [0.15, 0.2) is 11.5 Å². The van der Waals surface area contributed by atoms with Crippen molar-refractivity contribution in [3.63, 3.8) is 0 Å². The number of amides is 2. The number of allylic oxidation sites excluding steroid dienone is 4. The molecule has 0 spiro atoms. The number of methoxy groups -OCH3 is 1. The van der Waals surface area contributed by atoms with Crippen molar-refractivity contribution in [3.8, 4) is 22.8 Å². The number of phenols is 2. The van der Waals surface area contributed by atoms with E-state index in [1.54, 1.807) is 12.6 Å². The number of nitrogens with one attached hydrogen (secondary N) is 2. The number of rotatable bonds is 12. The number of hydroxylamine groups is 1. The number of carbonyl (C=O) groups excluding carboxylic acids is 2. The summed E-state index contributed by atoms with van der Waals surface area (Å²) in [4.78, 5) is 24.0. The van der Waals surface area contributed by atoms with Crippen LogP contribution in [-0.4, -0.2) is 46.0 Å². The Morgan fingerprint density at radius 3 is 2.53 bits per heavy atom. The summed E-state index contributed by atoms with van der Waals surface area (Å²) in [6.45, 7) is 0.431. The Kier molecular flexibility index (Phi) is 9.77. The molecule has 3 rings (SSSR count). The molecule has 0 saturated heterocycles. The van der Waals surface area contributed by atoms with E-state index in [2.05, 4.69) is 10.5 Å². The quantitative estimate of drug-likeness (QED) is 0.154. The number of aromatic nitrogens is 1. The molecule has 1 aromatic carbocycles. The third-order valence-electron chi connectivity index (χ3n) is 5.90. The van der Waals surface area contributed by atoms with Gasteiger partial charge in [-0.15, -0.1) is 0 Å². The Morgan fingerprint density at radius 2 is 1.83 bits per heavy atom. The zero-order valence-corrected chi connectivity index (χ0v) is 20.7. The number of benzene rings is 1. The minimum Gasteiger partial charge on any atom is -0.507 e. The predicted molar refractivity (Wildman–Crippen MR) is 133 cm³/mol. The molecule has 2 aromatic rings. The topological polar surface area (TPSA) is 154 Å². The molecule has 5 N–H and O–H groups in total. The molecule has 0 unspecified atom stereocenters. The predicted octanol–water partition coefficient (Wildman–Crippen LogP) is 4.69. The molecule has 0 fully saturated rings. The van der Waals surface area contributed by atoms with Crippen molar-refractivity contribution >= 4 is 29.0 Å². The van der Waals surface area contributed by atoms with E-state index < -0.39 is 11.8 Å². The van der Waals surface area contributed by atoms with E-state index in [9.17, 15) is 19.8 Å². The third-order valence-corrected chi connectivity index (χ3v) is 6.20. The van der Waals surface area contributed by atoms with Gasteiger partial charge in [0.25, 0.3) is 5.91 Å². The molecular formula is C25H30ClN3O7. The Balaban J connectivity index is 1.73. The molecule has 1 heterocycles. The van der Waals surface area contributed by atoms with Gasteiger partial charge in [0, 0.05) is 25.5 Å². The highest BCUT2D eigenvalue weighted by atomic mass is 35.5. The van der Waals surface area contributed by atoms with E-state index in [0.29, 0.717) is 31.4 Å². The first kappa shape index (κ1) is 27.1.